The highest BCUT2D eigenvalue weighted by atomic mass is 35.5. The van der Waals surface area contributed by atoms with Crippen LogP contribution in [-0.4, -0.2) is 37.9 Å². The summed E-state index contributed by atoms with van der Waals surface area (Å²) in [6.07, 6.45) is 6.61. The van der Waals surface area contributed by atoms with Crippen LogP contribution in [0, 0.1) is 0 Å². The van der Waals surface area contributed by atoms with Crippen molar-refractivity contribution in [2.45, 2.75) is 56.0 Å². The van der Waals surface area contributed by atoms with E-state index in [2.05, 4.69) is 14.8 Å². The van der Waals surface area contributed by atoms with Gasteiger partial charge in [0.05, 0.1) is 11.8 Å². The number of carbonyl (C=O) groups is 1. The van der Waals surface area contributed by atoms with Crippen LogP contribution in [-0.2, 0) is 17.8 Å². The minimum atomic E-state index is 0.0765. The summed E-state index contributed by atoms with van der Waals surface area (Å²) in [5, 5.41) is 9.61. The van der Waals surface area contributed by atoms with Crippen molar-refractivity contribution < 1.29 is 4.79 Å². The molecule has 4 rings (SSSR count). The standard InChI is InChI=1S/C19H23ClN4OS/c20-14-7-9-15(10-8-14)26-13-18(25)23-12-4-5-16(23)19-22-21-17-6-2-1-3-11-24(17)19/h7-10,16H,1-6,11-13H2. The highest BCUT2D eigenvalue weighted by molar-refractivity contribution is 8.00. The maximum atomic E-state index is 12.8. The molecular formula is C19H23ClN4OS. The van der Waals surface area contributed by atoms with E-state index in [0.717, 1.165) is 48.9 Å². The number of benzene rings is 1. The van der Waals surface area contributed by atoms with Gasteiger partial charge in [0, 0.05) is 29.4 Å². The molecule has 1 saturated heterocycles. The first-order valence-electron chi connectivity index (χ1n) is 9.32. The molecule has 0 radical (unpaired) electrons. The highest BCUT2D eigenvalue weighted by Gasteiger charge is 2.34. The Labute approximate surface area is 163 Å². The van der Waals surface area contributed by atoms with Crippen molar-refractivity contribution in [2.75, 3.05) is 12.3 Å². The van der Waals surface area contributed by atoms with E-state index in [1.165, 1.54) is 19.3 Å². The van der Waals surface area contributed by atoms with Gasteiger partial charge in [-0.1, -0.05) is 18.0 Å². The lowest BCUT2D eigenvalue weighted by Crippen LogP contribution is -2.33. The number of likely N-dealkylation sites (tertiary alicyclic amines) is 1. The molecule has 1 amide bonds. The van der Waals surface area contributed by atoms with Crippen molar-refractivity contribution in [3.63, 3.8) is 0 Å². The molecular weight excluding hydrogens is 368 g/mol. The van der Waals surface area contributed by atoms with Crippen molar-refractivity contribution in [1.29, 1.82) is 0 Å². The molecule has 0 bridgehead atoms. The van der Waals surface area contributed by atoms with E-state index < -0.39 is 0 Å². The number of hydrogen-bond donors (Lipinski definition) is 0. The van der Waals surface area contributed by atoms with Crippen LogP contribution in [0.25, 0.3) is 0 Å². The van der Waals surface area contributed by atoms with Crippen LogP contribution in [0.1, 0.15) is 49.8 Å². The number of fused-ring (bicyclic) bond motifs is 1. The summed E-state index contributed by atoms with van der Waals surface area (Å²) in [7, 11) is 0. The van der Waals surface area contributed by atoms with E-state index in [1.807, 2.05) is 29.2 Å². The number of rotatable bonds is 4. The van der Waals surface area contributed by atoms with Gasteiger partial charge in [-0.25, -0.2) is 0 Å². The Morgan fingerprint density at radius 3 is 2.81 bits per heavy atom. The molecule has 1 unspecified atom stereocenters. The SMILES string of the molecule is O=C(CSc1ccc(Cl)cc1)N1CCCC1c1nnc2n1CCCCC2. The van der Waals surface area contributed by atoms with Crippen LogP contribution in [0.3, 0.4) is 0 Å². The Morgan fingerprint density at radius 1 is 1.12 bits per heavy atom. The summed E-state index contributed by atoms with van der Waals surface area (Å²) < 4.78 is 2.27. The molecule has 138 valence electrons. The second-order valence-corrected chi connectivity index (χ2v) is 8.41. The van der Waals surface area contributed by atoms with Crippen molar-refractivity contribution in [3.8, 4) is 0 Å². The molecule has 3 heterocycles. The first-order valence-corrected chi connectivity index (χ1v) is 10.7. The number of hydrogen-bond acceptors (Lipinski definition) is 4. The number of halogens is 1. The van der Waals surface area contributed by atoms with Crippen molar-refractivity contribution in [3.05, 3.63) is 40.9 Å². The average molecular weight is 391 g/mol. The van der Waals surface area contributed by atoms with E-state index in [4.69, 9.17) is 11.6 Å². The number of nitrogens with zero attached hydrogens (tertiary/aromatic N) is 4. The third kappa shape index (κ3) is 3.76. The summed E-state index contributed by atoms with van der Waals surface area (Å²) >= 11 is 7.49. The molecule has 0 N–H and O–H groups in total. The Hall–Kier alpha value is -1.53. The Balaban J connectivity index is 1.45. The maximum absolute atomic E-state index is 12.8. The fourth-order valence-electron chi connectivity index (χ4n) is 3.85. The van der Waals surface area contributed by atoms with E-state index in [0.29, 0.717) is 10.8 Å². The average Bonchev–Trinajstić information content (AvgIpc) is 3.22. The molecule has 2 aromatic rings. The Morgan fingerprint density at radius 2 is 1.96 bits per heavy atom. The molecule has 5 nitrogen and oxygen atoms in total. The Bertz CT molecular complexity index is 776. The van der Waals surface area contributed by atoms with Gasteiger partial charge in [-0.2, -0.15) is 0 Å². The van der Waals surface area contributed by atoms with Gasteiger partial charge in [-0.15, -0.1) is 22.0 Å². The first-order chi connectivity index (χ1) is 12.7. The van der Waals surface area contributed by atoms with Gasteiger partial charge in [0.25, 0.3) is 0 Å². The monoisotopic (exact) mass is 390 g/mol. The van der Waals surface area contributed by atoms with Gasteiger partial charge < -0.3 is 9.47 Å². The third-order valence-corrected chi connectivity index (χ3v) is 6.43. The fourth-order valence-corrected chi connectivity index (χ4v) is 4.76. The summed E-state index contributed by atoms with van der Waals surface area (Å²) in [5.74, 6) is 2.70. The van der Waals surface area contributed by atoms with E-state index >= 15 is 0 Å². The van der Waals surface area contributed by atoms with Gasteiger partial charge in [0.1, 0.15) is 5.82 Å². The van der Waals surface area contributed by atoms with Gasteiger partial charge in [-0.3, -0.25) is 4.79 Å². The highest BCUT2D eigenvalue weighted by Crippen LogP contribution is 2.33. The smallest absolute Gasteiger partial charge is 0.233 e. The maximum Gasteiger partial charge on any atom is 0.233 e. The predicted octanol–water partition coefficient (Wildman–Crippen LogP) is 4.11. The van der Waals surface area contributed by atoms with Gasteiger partial charge in [-0.05, 0) is 49.9 Å². The van der Waals surface area contributed by atoms with Crippen molar-refractivity contribution >= 4 is 29.3 Å². The number of aromatic nitrogens is 3. The summed E-state index contributed by atoms with van der Waals surface area (Å²) in [5.41, 5.74) is 0. The van der Waals surface area contributed by atoms with Crippen LogP contribution in [0.4, 0.5) is 0 Å². The van der Waals surface area contributed by atoms with Gasteiger partial charge >= 0.3 is 0 Å². The molecule has 1 atom stereocenters. The van der Waals surface area contributed by atoms with Crippen molar-refractivity contribution in [1.82, 2.24) is 19.7 Å². The molecule has 26 heavy (non-hydrogen) atoms. The molecule has 0 aliphatic carbocycles. The zero-order chi connectivity index (χ0) is 17.9. The van der Waals surface area contributed by atoms with E-state index in [1.54, 1.807) is 11.8 Å². The van der Waals surface area contributed by atoms with Crippen LogP contribution in [0.5, 0.6) is 0 Å². The molecule has 7 heteroatoms. The lowest BCUT2D eigenvalue weighted by atomic mass is 10.2. The molecule has 2 aliphatic heterocycles. The zero-order valence-corrected chi connectivity index (χ0v) is 16.3. The second kappa shape index (κ2) is 8.01. The first kappa shape index (κ1) is 17.9. The molecule has 1 fully saturated rings. The summed E-state index contributed by atoms with van der Waals surface area (Å²) in [6.45, 7) is 1.79. The minimum absolute atomic E-state index is 0.0765. The number of thioether (sulfide) groups is 1. The number of aryl methyl sites for hydroxylation is 1. The van der Waals surface area contributed by atoms with E-state index in [-0.39, 0.29) is 11.9 Å². The third-order valence-electron chi connectivity index (χ3n) is 5.19. The van der Waals surface area contributed by atoms with Crippen LogP contribution in [0.2, 0.25) is 5.02 Å². The van der Waals surface area contributed by atoms with Crippen LogP contribution < -0.4 is 0 Å². The predicted molar refractivity (Wildman–Crippen MR) is 103 cm³/mol. The molecule has 2 aliphatic rings. The molecule has 0 saturated carbocycles. The quantitative estimate of drug-likeness (QED) is 0.737. The topological polar surface area (TPSA) is 51.0 Å². The number of carbonyl (C=O) groups excluding carboxylic acids is 1. The van der Waals surface area contributed by atoms with Gasteiger partial charge in [0.15, 0.2) is 5.82 Å². The fraction of sp³-hybridized carbons (Fsp3) is 0.526. The largest absolute Gasteiger partial charge is 0.332 e. The molecule has 1 aromatic heterocycles. The van der Waals surface area contributed by atoms with Gasteiger partial charge in [0.2, 0.25) is 5.91 Å². The zero-order valence-electron chi connectivity index (χ0n) is 14.7. The molecule has 1 aromatic carbocycles. The number of amides is 1. The van der Waals surface area contributed by atoms with Crippen LogP contribution in [0.15, 0.2) is 29.2 Å². The summed E-state index contributed by atoms with van der Waals surface area (Å²) in [6, 6.07) is 7.71. The normalized spacial score (nSPS) is 20.0. The second-order valence-electron chi connectivity index (χ2n) is 6.92. The minimum Gasteiger partial charge on any atom is -0.332 e. The lowest BCUT2D eigenvalue weighted by molar-refractivity contribution is -0.129. The lowest BCUT2D eigenvalue weighted by Gasteiger charge is -2.24. The summed E-state index contributed by atoms with van der Waals surface area (Å²) in [4.78, 5) is 15.9. The van der Waals surface area contributed by atoms with E-state index in [9.17, 15) is 4.79 Å². The Kier molecular flexibility index (Phi) is 5.50. The molecule has 0 spiro atoms. The van der Waals surface area contributed by atoms with Crippen LogP contribution >= 0.6 is 23.4 Å². The van der Waals surface area contributed by atoms with Crippen molar-refractivity contribution in [2.24, 2.45) is 0 Å².